The van der Waals surface area contributed by atoms with Gasteiger partial charge in [-0.3, -0.25) is 4.79 Å². The Bertz CT molecular complexity index is 1020. The highest BCUT2D eigenvalue weighted by Gasteiger charge is 2.27. The third-order valence-electron chi connectivity index (χ3n) is 4.51. The van der Waals surface area contributed by atoms with Crippen LogP contribution in [0.15, 0.2) is 43.0 Å². The number of aromatic nitrogens is 5. The highest BCUT2D eigenvalue weighted by Crippen LogP contribution is 2.25. The molecule has 1 amide bonds. The molecule has 0 saturated heterocycles. The van der Waals surface area contributed by atoms with Crippen LogP contribution in [0.5, 0.6) is 5.88 Å². The lowest BCUT2D eigenvalue weighted by atomic mass is 10.1. The minimum absolute atomic E-state index is 0.0483. The number of halogens is 3. The maximum absolute atomic E-state index is 13.8. The van der Waals surface area contributed by atoms with Crippen molar-refractivity contribution in [3.05, 3.63) is 60.1 Å². The van der Waals surface area contributed by atoms with Gasteiger partial charge >= 0.3 is 0 Å². The van der Waals surface area contributed by atoms with E-state index in [9.17, 15) is 18.0 Å². The van der Waals surface area contributed by atoms with Gasteiger partial charge in [-0.2, -0.15) is 23.8 Å². The van der Waals surface area contributed by atoms with E-state index in [1.165, 1.54) is 40.3 Å². The Morgan fingerprint density at radius 2 is 1.94 bits per heavy atom. The smallest absolute Gasteiger partial charge is 0.288 e. The van der Waals surface area contributed by atoms with Gasteiger partial charge in [-0.25, -0.2) is 14.4 Å². The fraction of sp³-hybridized carbons (Fsp3) is 0.350. The molecule has 0 radical (unpaired) electrons. The number of carbonyl (C=O) groups is 1. The van der Waals surface area contributed by atoms with E-state index in [0.29, 0.717) is 6.54 Å². The lowest BCUT2D eigenvalue weighted by Gasteiger charge is -2.28. The summed E-state index contributed by atoms with van der Waals surface area (Å²) in [6.45, 7) is 4.68. The first-order chi connectivity index (χ1) is 14.7. The summed E-state index contributed by atoms with van der Waals surface area (Å²) in [4.78, 5) is 23.4. The van der Waals surface area contributed by atoms with Crippen molar-refractivity contribution >= 4 is 5.91 Å². The summed E-state index contributed by atoms with van der Waals surface area (Å²) in [5.41, 5.74) is -0.0292. The molecule has 1 atom stereocenters. The molecule has 0 N–H and O–H groups in total. The van der Waals surface area contributed by atoms with Gasteiger partial charge in [0.15, 0.2) is 0 Å². The fourth-order valence-electron chi connectivity index (χ4n) is 2.91. The molecule has 164 valence electrons. The number of benzene rings is 1. The van der Waals surface area contributed by atoms with Crippen molar-refractivity contribution in [3.8, 4) is 11.6 Å². The second-order valence-corrected chi connectivity index (χ2v) is 6.86. The monoisotopic (exact) mass is 434 g/mol. The molecule has 3 aromatic rings. The Morgan fingerprint density at radius 1 is 1.23 bits per heavy atom. The highest BCUT2D eigenvalue weighted by atomic mass is 19.3. The van der Waals surface area contributed by atoms with E-state index in [1.807, 2.05) is 0 Å². The van der Waals surface area contributed by atoms with Crippen molar-refractivity contribution in [1.82, 2.24) is 29.9 Å². The number of likely N-dealkylation sites (N-methyl/N-ethyl adjacent to an activating group) is 1. The van der Waals surface area contributed by atoms with E-state index >= 15 is 0 Å². The van der Waals surface area contributed by atoms with Gasteiger partial charge in [0.05, 0.1) is 36.4 Å². The third-order valence-corrected chi connectivity index (χ3v) is 4.51. The van der Waals surface area contributed by atoms with Crippen LogP contribution in [-0.2, 0) is 5.92 Å². The summed E-state index contributed by atoms with van der Waals surface area (Å²) in [5.74, 6) is -3.92. The molecular weight excluding hydrogens is 413 g/mol. The molecule has 11 heteroatoms. The first-order valence-electron chi connectivity index (χ1n) is 9.51. The molecule has 0 aliphatic rings. The SMILES string of the molecule is CCN(C(=O)c1ccc(F)cc1-n1nccn1)[C@@H](C)COc1cnc(C(C)(F)F)cn1. The Kier molecular flexibility index (Phi) is 6.52. The maximum atomic E-state index is 13.8. The fourth-order valence-corrected chi connectivity index (χ4v) is 2.91. The van der Waals surface area contributed by atoms with Gasteiger partial charge in [0.1, 0.15) is 23.8 Å². The van der Waals surface area contributed by atoms with Crippen molar-refractivity contribution in [2.75, 3.05) is 13.2 Å². The van der Waals surface area contributed by atoms with E-state index in [2.05, 4.69) is 20.2 Å². The first kappa shape index (κ1) is 22.2. The molecule has 2 aromatic heterocycles. The molecule has 0 unspecified atom stereocenters. The lowest BCUT2D eigenvalue weighted by molar-refractivity contribution is 0.0121. The van der Waals surface area contributed by atoms with Gasteiger partial charge in [0.2, 0.25) is 5.88 Å². The molecule has 0 spiro atoms. The largest absolute Gasteiger partial charge is 0.474 e. The van der Waals surface area contributed by atoms with Gasteiger partial charge in [0.25, 0.3) is 11.8 Å². The number of nitrogens with zero attached hydrogens (tertiary/aromatic N) is 6. The average Bonchev–Trinajstić information content (AvgIpc) is 3.27. The Labute approximate surface area is 176 Å². The van der Waals surface area contributed by atoms with Crippen molar-refractivity contribution in [2.45, 2.75) is 32.7 Å². The molecule has 3 rings (SSSR count). The minimum Gasteiger partial charge on any atom is -0.474 e. The van der Waals surface area contributed by atoms with Gasteiger partial charge in [-0.1, -0.05) is 0 Å². The maximum Gasteiger partial charge on any atom is 0.288 e. The number of ether oxygens (including phenoxy) is 1. The topological polar surface area (TPSA) is 86.0 Å². The van der Waals surface area contributed by atoms with Crippen molar-refractivity contribution < 1.29 is 22.7 Å². The molecule has 0 saturated carbocycles. The number of carbonyl (C=O) groups excluding carboxylic acids is 1. The van der Waals surface area contributed by atoms with E-state index < -0.39 is 23.5 Å². The quantitative estimate of drug-likeness (QED) is 0.541. The number of amides is 1. The van der Waals surface area contributed by atoms with Gasteiger partial charge in [-0.05, 0) is 26.0 Å². The van der Waals surface area contributed by atoms with Crippen LogP contribution in [0.1, 0.15) is 36.8 Å². The Balaban J connectivity index is 1.74. The summed E-state index contributed by atoms with van der Waals surface area (Å²) >= 11 is 0. The van der Waals surface area contributed by atoms with Crippen molar-refractivity contribution in [3.63, 3.8) is 0 Å². The van der Waals surface area contributed by atoms with Crippen LogP contribution >= 0.6 is 0 Å². The predicted molar refractivity (Wildman–Crippen MR) is 105 cm³/mol. The molecule has 8 nitrogen and oxygen atoms in total. The zero-order valence-corrected chi connectivity index (χ0v) is 17.2. The molecular formula is C20H21F3N6O2. The van der Waals surface area contributed by atoms with Crippen LogP contribution in [0.4, 0.5) is 13.2 Å². The van der Waals surface area contributed by atoms with Crippen molar-refractivity contribution in [1.29, 1.82) is 0 Å². The predicted octanol–water partition coefficient (Wildman–Crippen LogP) is 3.24. The zero-order valence-electron chi connectivity index (χ0n) is 17.2. The molecule has 0 aliphatic carbocycles. The third kappa shape index (κ3) is 5.16. The summed E-state index contributed by atoms with van der Waals surface area (Å²) in [7, 11) is 0. The standard InChI is InChI=1S/C20H21F3N6O2/c1-4-28(13(2)12-31-18-11-24-17(10-25-18)20(3,22)23)19(30)15-6-5-14(21)9-16(15)29-26-7-8-27-29/h5-11,13H,4,12H2,1-3H3/t13-/m0/s1. The van der Waals surface area contributed by atoms with Crippen LogP contribution < -0.4 is 4.74 Å². The van der Waals surface area contributed by atoms with E-state index in [4.69, 9.17) is 4.74 Å². The Morgan fingerprint density at radius 3 is 2.52 bits per heavy atom. The van der Waals surface area contributed by atoms with E-state index in [0.717, 1.165) is 19.3 Å². The van der Waals surface area contributed by atoms with E-state index in [-0.39, 0.29) is 29.6 Å². The van der Waals surface area contributed by atoms with Crippen LogP contribution in [0.3, 0.4) is 0 Å². The zero-order chi connectivity index (χ0) is 22.6. The second kappa shape index (κ2) is 9.11. The number of hydrogen-bond donors (Lipinski definition) is 0. The normalized spacial score (nSPS) is 12.5. The van der Waals surface area contributed by atoms with Crippen LogP contribution in [0, 0.1) is 5.82 Å². The van der Waals surface area contributed by atoms with Crippen LogP contribution in [0.2, 0.25) is 0 Å². The van der Waals surface area contributed by atoms with Crippen molar-refractivity contribution in [2.24, 2.45) is 0 Å². The molecule has 0 bridgehead atoms. The number of rotatable bonds is 8. The summed E-state index contributed by atoms with van der Waals surface area (Å²) in [6.07, 6.45) is 4.91. The number of hydrogen-bond acceptors (Lipinski definition) is 6. The number of alkyl halides is 2. The van der Waals surface area contributed by atoms with Crippen LogP contribution in [0.25, 0.3) is 5.69 Å². The molecule has 31 heavy (non-hydrogen) atoms. The summed E-state index contributed by atoms with van der Waals surface area (Å²) in [5, 5.41) is 7.95. The Hall–Kier alpha value is -3.50. The highest BCUT2D eigenvalue weighted by molar-refractivity contribution is 5.97. The van der Waals surface area contributed by atoms with Gasteiger partial charge in [0, 0.05) is 19.5 Å². The first-order valence-corrected chi connectivity index (χ1v) is 9.51. The average molecular weight is 434 g/mol. The van der Waals surface area contributed by atoms with Gasteiger partial charge < -0.3 is 9.64 Å². The minimum atomic E-state index is -3.10. The van der Waals surface area contributed by atoms with Crippen LogP contribution in [-0.4, -0.2) is 55.0 Å². The molecule has 0 aliphatic heterocycles. The summed E-state index contributed by atoms with van der Waals surface area (Å²) in [6, 6.07) is 3.34. The lowest BCUT2D eigenvalue weighted by Crippen LogP contribution is -2.42. The summed E-state index contributed by atoms with van der Waals surface area (Å²) < 4.78 is 45.8. The molecule has 2 heterocycles. The molecule has 0 fully saturated rings. The second-order valence-electron chi connectivity index (χ2n) is 6.86. The molecule has 1 aromatic carbocycles. The van der Waals surface area contributed by atoms with Gasteiger partial charge in [-0.15, -0.1) is 0 Å². The van der Waals surface area contributed by atoms with E-state index in [1.54, 1.807) is 13.8 Å².